The fourth-order valence-corrected chi connectivity index (χ4v) is 10.5. The molecule has 2 aromatic carbocycles. The number of amides is 4. The van der Waals surface area contributed by atoms with E-state index in [1.54, 1.807) is 30.3 Å². The summed E-state index contributed by atoms with van der Waals surface area (Å²) in [7, 11) is -3.98. The number of ether oxygens (including phenoxy) is 2. The second-order valence-corrected chi connectivity index (χ2v) is 19.2. The van der Waals surface area contributed by atoms with E-state index in [0.717, 1.165) is 25.3 Å². The predicted octanol–water partition coefficient (Wildman–Crippen LogP) is 5.96. The van der Waals surface area contributed by atoms with E-state index in [1.807, 2.05) is 12.2 Å². The van der Waals surface area contributed by atoms with Gasteiger partial charge in [-0.1, -0.05) is 61.4 Å². The van der Waals surface area contributed by atoms with Crippen LogP contribution in [-0.2, 0) is 35.3 Å². The number of sulfonamides is 1. The highest BCUT2D eigenvalue weighted by molar-refractivity contribution is 7.91. The van der Waals surface area contributed by atoms with E-state index < -0.39 is 80.5 Å². The third kappa shape index (κ3) is 8.80. The number of hydrogen-bond donors (Lipinski definition) is 3. The molecule has 4 aromatic rings. The van der Waals surface area contributed by atoms with E-state index >= 15 is 0 Å². The maximum atomic E-state index is 14.8. The van der Waals surface area contributed by atoms with Gasteiger partial charge in [-0.25, -0.2) is 18.2 Å². The molecule has 2 aliphatic heterocycles. The summed E-state index contributed by atoms with van der Waals surface area (Å²) in [6.45, 7) is -0.204. The molecule has 5 aliphatic rings. The largest absolute Gasteiger partial charge is 0.472 e. The number of alkyl halides is 3. The van der Waals surface area contributed by atoms with E-state index in [0.29, 0.717) is 56.2 Å². The molecule has 19 heteroatoms. The first-order valence-electron chi connectivity index (χ1n) is 21.6. The minimum Gasteiger partial charge on any atom is -0.472 e. The summed E-state index contributed by atoms with van der Waals surface area (Å²) in [5.74, 6) is -2.72. The second-order valence-electron chi connectivity index (χ2n) is 17.3. The number of nitrogens with zero attached hydrogens (tertiary/aromatic N) is 4. The van der Waals surface area contributed by atoms with Gasteiger partial charge in [-0.2, -0.15) is 22.8 Å². The van der Waals surface area contributed by atoms with Crippen molar-refractivity contribution >= 4 is 50.4 Å². The predicted molar refractivity (Wildman–Crippen MR) is 222 cm³/mol. The number of carbonyl (C=O) groups is 4. The number of nitrogens with one attached hydrogen (secondary N) is 3. The van der Waals surface area contributed by atoms with Crippen LogP contribution in [0.1, 0.15) is 89.0 Å². The molecule has 0 unspecified atom stereocenters. The first-order valence-corrected chi connectivity index (χ1v) is 23.2. The fraction of sp³-hybridized carbons (Fsp3) is 0.500. The minimum absolute atomic E-state index is 0.00730. The second kappa shape index (κ2) is 16.8. The lowest BCUT2D eigenvalue weighted by molar-refractivity contribution is -0.141. The van der Waals surface area contributed by atoms with Gasteiger partial charge in [-0.3, -0.25) is 19.1 Å². The van der Waals surface area contributed by atoms with Crippen molar-refractivity contribution < 1.29 is 50.2 Å². The molecule has 1 saturated heterocycles. The first-order chi connectivity index (χ1) is 30.2. The van der Waals surface area contributed by atoms with Gasteiger partial charge < -0.3 is 25.0 Å². The number of allylic oxidation sites excluding steroid dienone is 1. The monoisotopic (exact) mass is 891 g/mol. The van der Waals surface area contributed by atoms with E-state index in [2.05, 4.69) is 20.5 Å². The van der Waals surface area contributed by atoms with Crippen molar-refractivity contribution in [3.8, 4) is 17.1 Å². The van der Waals surface area contributed by atoms with Crippen LogP contribution in [0.3, 0.4) is 0 Å². The molecule has 0 radical (unpaired) electrons. The van der Waals surface area contributed by atoms with Crippen molar-refractivity contribution in [3.63, 3.8) is 0 Å². The molecule has 0 spiro atoms. The van der Waals surface area contributed by atoms with E-state index in [1.165, 1.54) is 27.6 Å². The van der Waals surface area contributed by atoms with Crippen LogP contribution >= 0.6 is 0 Å². The molecule has 0 bridgehead atoms. The third-order valence-corrected chi connectivity index (χ3v) is 14.6. The summed E-state index contributed by atoms with van der Waals surface area (Å²) in [4.78, 5) is 62.5. The van der Waals surface area contributed by atoms with E-state index in [9.17, 15) is 40.8 Å². The highest BCUT2D eigenvalue weighted by atomic mass is 32.2. The molecule has 9 rings (SSSR count). The van der Waals surface area contributed by atoms with Gasteiger partial charge in [-0.15, -0.1) is 0 Å². The topological polar surface area (TPSA) is 190 Å². The molecule has 3 saturated carbocycles. The maximum absolute atomic E-state index is 14.8. The van der Waals surface area contributed by atoms with Crippen LogP contribution in [0.25, 0.3) is 27.8 Å². The van der Waals surface area contributed by atoms with Crippen LogP contribution in [0, 0.1) is 5.92 Å². The number of benzene rings is 2. The average Bonchev–Trinajstić information content (AvgIpc) is 4.06. The molecule has 4 heterocycles. The van der Waals surface area contributed by atoms with Gasteiger partial charge in [0.15, 0.2) is 5.65 Å². The van der Waals surface area contributed by atoms with Crippen molar-refractivity contribution in [2.24, 2.45) is 5.92 Å². The Morgan fingerprint density at radius 2 is 1.68 bits per heavy atom. The maximum Gasteiger partial charge on any atom is 0.418 e. The number of rotatable bonds is 8. The number of aromatic nitrogens is 3. The summed E-state index contributed by atoms with van der Waals surface area (Å²) < 4.78 is 84.3. The van der Waals surface area contributed by atoms with Crippen LogP contribution in [0.4, 0.5) is 18.0 Å². The smallest absolute Gasteiger partial charge is 0.418 e. The molecular weight excluding hydrogens is 844 g/mol. The fourth-order valence-electron chi connectivity index (χ4n) is 9.10. The Hall–Kier alpha value is -5.72. The molecule has 15 nitrogen and oxygen atoms in total. The lowest BCUT2D eigenvalue weighted by Crippen LogP contribution is -2.58. The van der Waals surface area contributed by atoms with Crippen LogP contribution in [0.5, 0.6) is 5.88 Å². The van der Waals surface area contributed by atoms with Crippen molar-refractivity contribution in [3.05, 3.63) is 72.3 Å². The average molecular weight is 892 g/mol. The summed E-state index contributed by atoms with van der Waals surface area (Å²) in [6.07, 6.45) is 3.95. The third-order valence-electron chi connectivity index (χ3n) is 12.7. The Morgan fingerprint density at radius 3 is 2.43 bits per heavy atom. The molecule has 4 fully saturated rings. The zero-order valence-electron chi connectivity index (χ0n) is 34.3. The lowest BCUT2D eigenvalue weighted by atomic mass is 10.0. The minimum atomic E-state index is -4.73. The van der Waals surface area contributed by atoms with Crippen LogP contribution < -0.4 is 20.1 Å². The number of carbonyl (C=O) groups excluding carboxylic acids is 4. The summed E-state index contributed by atoms with van der Waals surface area (Å²) in [5, 5.41) is 9.38. The van der Waals surface area contributed by atoms with Gasteiger partial charge in [0.05, 0.1) is 23.1 Å². The molecule has 334 valence electrons. The van der Waals surface area contributed by atoms with Gasteiger partial charge in [0.1, 0.15) is 35.3 Å². The van der Waals surface area contributed by atoms with Crippen molar-refractivity contribution in [1.29, 1.82) is 0 Å². The Labute approximate surface area is 361 Å². The summed E-state index contributed by atoms with van der Waals surface area (Å²) in [6, 6.07) is 11.8. The number of hydrogen-bond acceptors (Lipinski definition) is 10. The Morgan fingerprint density at radius 1 is 0.921 bits per heavy atom. The number of alkyl carbamates (subject to hydrolysis) is 1. The van der Waals surface area contributed by atoms with Gasteiger partial charge in [0.25, 0.3) is 5.91 Å². The summed E-state index contributed by atoms with van der Waals surface area (Å²) >= 11 is 0. The Kier molecular flexibility index (Phi) is 11.3. The Balaban J connectivity index is 1.08. The van der Waals surface area contributed by atoms with Crippen molar-refractivity contribution in [2.45, 2.75) is 125 Å². The number of halogens is 3. The zero-order valence-corrected chi connectivity index (χ0v) is 35.1. The number of fused-ring (bicyclic) bond motifs is 5. The first kappa shape index (κ1) is 42.6. The summed E-state index contributed by atoms with van der Waals surface area (Å²) in [5.41, 5.74) is -1.84. The molecule has 5 atom stereocenters. The van der Waals surface area contributed by atoms with Crippen LogP contribution in [0.2, 0.25) is 0 Å². The lowest BCUT2D eigenvalue weighted by Gasteiger charge is -2.30. The SMILES string of the molecule is O=C(N[C@H]1CCCCCC=C[C@@H]2C[C@@]2(C(=O)NS(=O)(=O)C2CC2)NC(=O)[C@@H]2C[C@@H](Oc3cc(-c4ccccc4)nc4c5cccc(C(F)(F)F)c5nn34)CN2C1=O)OC1CCCC1. The van der Waals surface area contributed by atoms with E-state index in [-0.39, 0.29) is 54.3 Å². The molecule has 63 heavy (non-hydrogen) atoms. The van der Waals surface area contributed by atoms with Gasteiger partial charge in [0, 0.05) is 29.4 Å². The molecule has 3 N–H and O–H groups in total. The van der Waals surface area contributed by atoms with Crippen LogP contribution in [0.15, 0.2) is 66.7 Å². The van der Waals surface area contributed by atoms with Gasteiger partial charge in [0.2, 0.25) is 27.7 Å². The highest BCUT2D eigenvalue weighted by Crippen LogP contribution is 2.46. The molecule has 3 aliphatic carbocycles. The molecule has 4 amide bonds. The highest BCUT2D eigenvalue weighted by Gasteiger charge is 2.62. The van der Waals surface area contributed by atoms with Crippen molar-refractivity contribution in [1.82, 2.24) is 34.9 Å². The van der Waals surface area contributed by atoms with Crippen LogP contribution in [-0.4, -0.2) is 93.4 Å². The normalized spacial score (nSPS) is 26.0. The zero-order chi connectivity index (χ0) is 44.1. The standard InChI is InChI=1S/C44H48F3N7O8S/c45-44(46,47)32-18-11-17-31-37(32)51-54-36(23-34(48-38(31)54)26-12-5-4-6-13-26)61-29-22-35-39(55)50-43(41(57)52-63(59,60)30-20-21-30)24-27(43)14-7-2-1-3-8-19-33(40(56)53(35)25-29)49-42(58)62-28-15-9-10-16-28/h4-7,11-14,17-18,23,27-30,33,35H,1-3,8-10,15-16,19-22,24-25H2,(H,49,58)(H,50,55)(H,52,57)/t27-,29-,33+,35+,43-/m1/s1. The van der Waals surface area contributed by atoms with Gasteiger partial charge in [-0.05, 0) is 76.3 Å². The van der Waals surface area contributed by atoms with Crippen molar-refractivity contribution in [2.75, 3.05) is 6.54 Å². The molecular formula is C44H48F3N7O8S. The molecule has 2 aromatic heterocycles. The Bertz CT molecular complexity index is 2580. The quantitative estimate of drug-likeness (QED) is 0.178. The van der Waals surface area contributed by atoms with E-state index in [4.69, 9.17) is 14.5 Å². The van der Waals surface area contributed by atoms with Gasteiger partial charge >= 0.3 is 12.3 Å².